The van der Waals surface area contributed by atoms with Gasteiger partial charge < -0.3 is 10.2 Å². The molecule has 1 fully saturated rings. The van der Waals surface area contributed by atoms with Crippen molar-refractivity contribution in [3.05, 3.63) is 35.6 Å². The molecule has 3 nitrogen and oxygen atoms in total. The van der Waals surface area contributed by atoms with Crippen molar-refractivity contribution in [1.82, 2.24) is 10.2 Å². The SMILES string of the molecule is CN(C(=O)c1cccc(F)c1)[C@@H]1CCCNC1.Cl. The van der Waals surface area contributed by atoms with E-state index in [1.807, 2.05) is 0 Å². The van der Waals surface area contributed by atoms with E-state index < -0.39 is 0 Å². The molecule has 0 bridgehead atoms. The summed E-state index contributed by atoms with van der Waals surface area (Å²) in [6.45, 7) is 1.83. The maximum absolute atomic E-state index is 13.1. The predicted octanol–water partition coefficient (Wildman–Crippen LogP) is 2.07. The van der Waals surface area contributed by atoms with E-state index in [1.165, 1.54) is 12.1 Å². The lowest BCUT2D eigenvalue weighted by Gasteiger charge is -2.31. The molecule has 0 aliphatic carbocycles. The van der Waals surface area contributed by atoms with Crippen molar-refractivity contribution in [3.8, 4) is 0 Å². The van der Waals surface area contributed by atoms with Crippen LogP contribution in [0.2, 0.25) is 0 Å². The Balaban J connectivity index is 0.00000162. The zero-order valence-electron chi connectivity index (χ0n) is 10.4. The average molecular weight is 273 g/mol. The number of rotatable bonds is 2. The van der Waals surface area contributed by atoms with Crippen molar-refractivity contribution in [3.63, 3.8) is 0 Å². The minimum absolute atomic E-state index is 0. The number of nitrogens with one attached hydrogen (secondary N) is 1. The molecule has 1 aliphatic heterocycles. The van der Waals surface area contributed by atoms with Gasteiger partial charge in [-0.15, -0.1) is 12.4 Å². The van der Waals surface area contributed by atoms with E-state index in [4.69, 9.17) is 0 Å². The van der Waals surface area contributed by atoms with Gasteiger partial charge in [-0.1, -0.05) is 6.07 Å². The van der Waals surface area contributed by atoms with Gasteiger partial charge in [-0.05, 0) is 37.6 Å². The summed E-state index contributed by atoms with van der Waals surface area (Å²) in [6, 6.07) is 6.06. The Morgan fingerprint density at radius 3 is 2.89 bits per heavy atom. The molecule has 1 N–H and O–H groups in total. The van der Waals surface area contributed by atoms with Crippen molar-refractivity contribution < 1.29 is 9.18 Å². The zero-order valence-corrected chi connectivity index (χ0v) is 11.2. The second-order valence-corrected chi connectivity index (χ2v) is 4.43. The van der Waals surface area contributed by atoms with E-state index in [0.717, 1.165) is 25.9 Å². The minimum atomic E-state index is -0.369. The number of carbonyl (C=O) groups is 1. The van der Waals surface area contributed by atoms with Gasteiger partial charge in [-0.3, -0.25) is 4.79 Å². The number of halogens is 2. The standard InChI is InChI=1S/C13H17FN2O.ClH/c1-16(12-6-3-7-15-9-12)13(17)10-4-2-5-11(14)8-10;/h2,4-5,8,12,15H,3,6-7,9H2,1H3;1H/t12-;/m1./s1. The molecule has 18 heavy (non-hydrogen) atoms. The number of benzene rings is 1. The molecule has 5 heteroatoms. The number of carbonyl (C=O) groups excluding carboxylic acids is 1. The van der Waals surface area contributed by atoms with E-state index in [1.54, 1.807) is 24.1 Å². The van der Waals surface area contributed by atoms with Gasteiger partial charge >= 0.3 is 0 Å². The molecule has 1 amide bonds. The summed E-state index contributed by atoms with van der Waals surface area (Å²) in [5.74, 6) is -0.482. The van der Waals surface area contributed by atoms with E-state index in [2.05, 4.69) is 5.32 Å². The van der Waals surface area contributed by atoms with Gasteiger partial charge in [0, 0.05) is 25.2 Å². The molecule has 0 radical (unpaired) electrons. The number of hydrogen-bond donors (Lipinski definition) is 1. The highest BCUT2D eigenvalue weighted by Crippen LogP contribution is 2.13. The molecule has 2 rings (SSSR count). The molecule has 0 saturated carbocycles. The van der Waals surface area contributed by atoms with Crippen molar-refractivity contribution in [2.24, 2.45) is 0 Å². The maximum Gasteiger partial charge on any atom is 0.253 e. The van der Waals surface area contributed by atoms with Crippen LogP contribution < -0.4 is 5.32 Å². The van der Waals surface area contributed by atoms with Crippen LogP contribution in [-0.2, 0) is 0 Å². The average Bonchev–Trinajstić information content (AvgIpc) is 2.38. The van der Waals surface area contributed by atoms with Crippen LogP contribution in [0.15, 0.2) is 24.3 Å². The predicted molar refractivity (Wildman–Crippen MR) is 71.6 cm³/mol. The molecule has 0 unspecified atom stereocenters. The van der Waals surface area contributed by atoms with E-state index in [9.17, 15) is 9.18 Å². The third-order valence-corrected chi connectivity index (χ3v) is 3.21. The Morgan fingerprint density at radius 2 is 2.28 bits per heavy atom. The van der Waals surface area contributed by atoms with Crippen molar-refractivity contribution in [2.75, 3.05) is 20.1 Å². The fourth-order valence-electron chi connectivity index (χ4n) is 2.15. The Labute approximate surface area is 113 Å². The molecule has 1 atom stereocenters. The fourth-order valence-corrected chi connectivity index (χ4v) is 2.15. The molecule has 1 aromatic rings. The maximum atomic E-state index is 13.1. The second-order valence-electron chi connectivity index (χ2n) is 4.43. The fraction of sp³-hybridized carbons (Fsp3) is 0.462. The largest absolute Gasteiger partial charge is 0.337 e. The molecule has 1 saturated heterocycles. The highest BCUT2D eigenvalue weighted by molar-refractivity contribution is 5.94. The Morgan fingerprint density at radius 1 is 1.50 bits per heavy atom. The highest BCUT2D eigenvalue weighted by Gasteiger charge is 2.22. The van der Waals surface area contributed by atoms with E-state index in [-0.39, 0.29) is 30.2 Å². The van der Waals surface area contributed by atoms with E-state index in [0.29, 0.717) is 5.56 Å². The summed E-state index contributed by atoms with van der Waals surface area (Å²) in [6.07, 6.45) is 2.08. The first-order valence-corrected chi connectivity index (χ1v) is 5.92. The van der Waals surface area contributed by atoms with Crippen LogP contribution in [0.5, 0.6) is 0 Å². The van der Waals surface area contributed by atoms with Gasteiger partial charge in [0.15, 0.2) is 0 Å². The minimum Gasteiger partial charge on any atom is -0.337 e. The summed E-state index contributed by atoms with van der Waals surface area (Å²) < 4.78 is 13.1. The van der Waals surface area contributed by atoms with Crippen LogP contribution in [0, 0.1) is 5.82 Å². The van der Waals surface area contributed by atoms with Gasteiger partial charge in [-0.2, -0.15) is 0 Å². The van der Waals surface area contributed by atoms with Crippen LogP contribution in [0.3, 0.4) is 0 Å². The molecular formula is C13H18ClFN2O. The Bertz CT molecular complexity index is 408. The number of amides is 1. The Kier molecular flexibility index (Phi) is 5.56. The summed E-state index contributed by atoms with van der Waals surface area (Å²) in [7, 11) is 1.78. The van der Waals surface area contributed by atoms with Crippen molar-refractivity contribution >= 4 is 18.3 Å². The number of nitrogens with zero attached hydrogens (tertiary/aromatic N) is 1. The molecule has 1 aliphatic rings. The van der Waals surface area contributed by atoms with E-state index >= 15 is 0 Å². The van der Waals surface area contributed by atoms with Crippen molar-refractivity contribution in [1.29, 1.82) is 0 Å². The van der Waals surface area contributed by atoms with Crippen LogP contribution in [0.25, 0.3) is 0 Å². The smallest absolute Gasteiger partial charge is 0.253 e. The summed E-state index contributed by atoms with van der Waals surface area (Å²) in [5, 5.41) is 3.27. The van der Waals surface area contributed by atoms with Crippen LogP contribution >= 0.6 is 12.4 Å². The van der Waals surface area contributed by atoms with Gasteiger partial charge in [-0.25, -0.2) is 4.39 Å². The first kappa shape index (κ1) is 14.9. The molecule has 100 valence electrons. The molecule has 0 spiro atoms. The molecular weight excluding hydrogens is 255 g/mol. The first-order valence-electron chi connectivity index (χ1n) is 5.92. The topological polar surface area (TPSA) is 32.3 Å². The summed E-state index contributed by atoms with van der Waals surface area (Å²) in [5.41, 5.74) is 0.415. The lowest BCUT2D eigenvalue weighted by Crippen LogP contribution is -2.46. The van der Waals surface area contributed by atoms with Crippen LogP contribution in [0.4, 0.5) is 4.39 Å². The van der Waals surface area contributed by atoms with Gasteiger partial charge in [0.05, 0.1) is 0 Å². The zero-order chi connectivity index (χ0) is 12.3. The first-order chi connectivity index (χ1) is 8.18. The number of hydrogen-bond acceptors (Lipinski definition) is 2. The van der Waals surface area contributed by atoms with Gasteiger partial charge in [0.25, 0.3) is 5.91 Å². The van der Waals surface area contributed by atoms with Crippen LogP contribution in [0.1, 0.15) is 23.2 Å². The molecule has 1 aromatic carbocycles. The monoisotopic (exact) mass is 272 g/mol. The Hall–Kier alpha value is -1.13. The number of likely N-dealkylation sites (N-methyl/N-ethyl adjacent to an activating group) is 1. The third kappa shape index (κ3) is 3.43. The lowest BCUT2D eigenvalue weighted by molar-refractivity contribution is 0.0708. The van der Waals surface area contributed by atoms with Gasteiger partial charge in [0.1, 0.15) is 5.82 Å². The quantitative estimate of drug-likeness (QED) is 0.894. The normalized spacial score (nSPS) is 18.9. The third-order valence-electron chi connectivity index (χ3n) is 3.21. The van der Waals surface area contributed by atoms with Crippen molar-refractivity contribution in [2.45, 2.75) is 18.9 Å². The second kappa shape index (κ2) is 6.71. The molecule has 0 aromatic heterocycles. The highest BCUT2D eigenvalue weighted by atomic mass is 35.5. The number of piperidine rings is 1. The van der Waals surface area contributed by atoms with Crippen LogP contribution in [-0.4, -0.2) is 37.0 Å². The molecule has 1 heterocycles. The van der Waals surface area contributed by atoms with Gasteiger partial charge in [0.2, 0.25) is 0 Å². The summed E-state index contributed by atoms with van der Waals surface area (Å²) >= 11 is 0. The lowest BCUT2D eigenvalue weighted by atomic mass is 10.1. The summed E-state index contributed by atoms with van der Waals surface area (Å²) in [4.78, 5) is 13.8.